The summed E-state index contributed by atoms with van der Waals surface area (Å²) < 4.78 is 40.5. The van der Waals surface area contributed by atoms with Gasteiger partial charge in [-0.25, -0.2) is 13.2 Å². The maximum Gasteiger partial charge on any atom is 0.409 e. The Morgan fingerprint density at radius 3 is 2.28 bits per heavy atom. The molecule has 1 unspecified atom stereocenters. The summed E-state index contributed by atoms with van der Waals surface area (Å²) in [5.41, 5.74) is 2.29. The predicted octanol–water partition coefficient (Wildman–Crippen LogP) is 4.29. The van der Waals surface area contributed by atoms with E-state index in [0.29, 0.717) is 44.2 Å². The molecule has 2 aliphatic rings. The van der Waals surface area contributed by atoms with Crippen LogP contribution in [0.15, 0.2) is 83.8 Å². The SMILES string of the molecule is CCOC(=O)N1CCN(c2ccc3c(c2)OCC(c2ccccc2)N3S(=O)(=O)c2ccccc2)CC1. The molecular formula is C27H29N3O5S. The second-order valence-electron chi connectivity index (χ2n) is 8.68. The third-order valence-corrected chi connectivity index (χ3v) is 8.35. The molecule has 5 rings (SSSR count). The molecule has 0 bridgehead atoms. The smallest absolute Gasteiger partial charge is 0.409 e. The van der Waals surface area contributed by atoms with Crippen LogP contribution in [0.3, 0.4) is 0 Å². The van der Waals surface area contributed by atoms with Gasteiger partial charge in [-0.1, -0.05) is 48.5 Å². The number of hydrogen-bond donors (Lipinski definition) is 0. The van der Waals surface area contributed by atoms with E-state index >= 15 is 0 Å². The zero-order valence-electron chi connectivity index (χ0n) is 20.1. The Kier molecular flexibility index (Phi) is 6.73. The standard InChI is InChI=1S/C27H29N3O5S/c1-2-34-27(31)29-17-15-28(16-18-29)22-13-14-24-26(19-22)35-20-25(21-9-5-3-6-10-21)30(24)36(32,33)23-11-7-4-8-12-23/h3-14,19,25H,2,15-18,20H2,1H3. The summed E-state index contributed by atoms with van der Waals surface area (Å²) in [5.74, 6) is 0.520. The van der Waals surface area contributed by atoms with E-state index in [1.54, 1.807) is 42.2 Å². The van der Waals surface area contributed by atoms with E-state index in [1.165, 1.54) is 4.31 Å². The number of rotatable bonds is 5. The minimum atomic E-state index is -3.85. The van der Waals surface area contributed by atoms with Crippen molar-refractivity contribution in [3.63, 3.8) is 0 Å². The average Bonchev–Trinajstić information content (AvgIpc) is 2.93. The molecule has 0 aliphatic carbocycles. The van der Waals surface area contributed by atoms with Gasteiger partial charge in [0.25, 0.3) is 10.0 Å². The van der Waals surface area contributed by atoms with Gasteiger partial charge in [-0.3, -0.25) is 4.31 Å². The van der Waals surface area contributed by atoms with Crippen LogP contribution in [-0.2, 0) is 14.8 Å². The number of carbonyl (C=O) groups excluding carboxylic acids is 1. The summed E-state index contributed by atoms with van der Waals surface area (Å²) in [6.45, 7) is 4.76. The average molecular weight is 508 g/mol. The van der Waals surface area contributed by atoms with Crippen LogP contribution >= 0.6 is 0 Å². The molecule has 0 aromatic heterocycles. The quantitative estimate of drug-likeness (QED) is 0.513. The fourth-order valence-electron chi connectivity index (χ4n) is 4.67. The van der Waals surface area contributed by atoms with Crippen molar-refractivity contribution in [1.29, 1.82) is 0 Å². The lowest BCUT2D eigenvalue weighted by atomic mass is 10.1. The van der Waals surface area contributed by atoms with Crippen molar-refractivity contribution in [1.82, 2.24) is 4.90 Å². The number of ether oxygens (including phenoxy) is 2. The molecule has 188 valence electrons. The van der Waals surface area contributed by atoms with E-state index in [9.17, 15) is 13.2 Å². The van der Waals surface area contributed by atoms with Gasteiger partial charge in [0.2, 0.25) is 0 Å². The van der Waals surface area contributed by atoms with Crippen molar-refractivity contribution in [3.8, 4) is 5.75 Å². The molecule has 0 radical (unpaired) electrons. The van der Waals surface area contributed by atoms with Crippen LogP contribution < -0.4 is 13.9 Å². The first-order chi connectivity index (χ1) is 17.5. The van der Waals surface area contributed by atoms with Gasteiger partial charge in [-0.05, 0) is 36.8 Å². The number of hydrogen-bond acceptors (Lipinski definition) is 6. The second-order valence-corrected chi connectivity index (χ2v) is 10.5. The van der Waals surface area contributed by atoms with Crippen LogP contribution in [0.25, 0.3) is 0 Å². The number of benzene rings is 3. The number of fused-ring (bicyclic) bond motifs is 1. The first-order valence-corrected chi connectivity index (χ1v) is 13.5. The zero-order chi connectivity index (χ0) is 25.1. The van der Waals surface area contributed by atoms with Gasteiger partial charge in [0.1, 0.15) is 18.4 Å². The van der Waals surface area contributed by atoms with E-state index in [1.807, 2.05) is 48.5 Å². The Hall–Kier alpha value is -3.72. The largest absolute Gasteiger partial charge is 0.489 e. The summed E-state index contributed by atoms with van der Waals surface area (Å²) in [6, 6.07) is 23.2. The van der Waals surface area contributed by atoms with Crippen LogP contribution in [0, 0.1) is 0 Å². The fourth-order valence-corrected chi connectivity index (χ4v) is 6.33. The number of carbonyl (C=O) groups is 1. The van der Waals surface area contributed by atoms with Crippen LogP contribution in [0.5, 0.6) is 5.75 Å². The minimum Gasteiger partial charge on any atom is -0.489 e. The van der Waals surface area contributed by atoms with Crippen LogP contribution in [0.4, 0.5) is 16.2 Å². The highest BCUT2D eigenvalue weighted by Crippen LogP contribution is 2.44. The first-order valence-electron chi connectivity index (χ1n) is 12.1. The third-order valence-electron chi connectivity index (χ3n) is 6.52. The number of nitrogens with zero attached hydrogens (tertiary/aromatic N) is 3. The highest BCUT2D eigenvalue weighted by molar-refractivity contribution is 7.92. The van der Waals surface area contributed by atoms with Crippen molar-refractivity contribution < 1.29 is 22.7 Å². The molecule has 2 aliphatic heterocycles. The van der Waals surface area contributed by atoms with Crippen molar-refractivity contribution in [2.45, 2.75) is 17.9 Å². The summed E-state index contributed by atoms with van der Waals surface area (Å²) in [4.78, 5) is 16.1. The Morgan fingerprint density at radius 1 is 0.944 bits per heavy atom. The Bertz CT molecular complexity index is 1310. The molecule has 2 heterocycles. The van der Waals surface area contributed by atoms with Gasteiger partial charge >= 0.3 is 6.09 Å². The van der Waals surface area contributed by atoms with Crippen molar-refractivity contribution in [2.75, 3.05) is 48.6 Å². The highest BCUT2D eigenvalue weighted by Gasteiger charge is 2.38. The Balaban J connectivity index is 1.47. The minimum absolute atomic E-state index is 0.198. The highest BCUT2D eigenvalue weighted by atomic mass is 32.2. The molecule has 0 N–H and O–H groups in total. The molecule has 1 saturated heterocycles. The van der Waals surface area contributed by atoms with E-state index < -0.39 is 16.1 Å². The lowest BCUT2D eigenvalue weighted by Gasteiger charge is -2.39. The predicted molar refractivity (Wildman–Crippen MR) is 138 cm³/mol. The number of sulfonamides is 1. The monoisotopic (exact) mass is 507 g/mol. The summed E-state index contributed by atoms with van der Waals surface area (Å²) >= 11 is 0. The molecule has 0 saturated carbocycles. The van der Waals surface area contributed by atoms with E-state index in [-0.39, 0.29) is 17.6 Å². The number of piperazine rings is 1. The maximum atomic E-state index is 13.9. The molecule has 1 amide bonds. The summed E-state index contributed by atoms with van der Waals surface area (Å²) in [7, 11) is -3.85. The van der Waals surface area contributed by atoms with Gasteiger partial charge in [-0.2, -0.15) is 0 Å². The van der Waals surface area contributed by atoms with E-state index in [0.717, 1.165) is 11.3 Å². The lowest BCUT2D eigenvalue weighted by Crippen LogP contribution is -2.49. The lowest BCUT2D eigenvalue weighted by molar-refractivity contribution is 0.105. The second kappa shape index (κ2) is 10.1. The summed E-state index contributed by atoms with van der Waals surface area (Å²) in [5, 5.41) is 0. The van der Waals surface area contributed by atoms with Crippen molar-refractivity contribution >= 4 is 27.5 Å². The van der Waals surface area contributed by atoms with Crippen LogP contribution in [0.1, 0.15) is 18.5 Å². The molecule has 1 atom stereocenters. The van der Waals surface area contributed by atoms with Gasteiger partial charge in [0.15, 0.2) is 0 Å². The van der Waals surface area contributed by atoms with Crippen LogP contribution in [0.2, 0.25) is 0 Å². The van der Waals surface area contributed by atoms with Crippen molar-refractivity contribution in [3.05, 3.63) is 84.4 Å². The van der Waals surface area contributed by atoms with Gasteiger partial charge in [-0.15, -0.1) is 0 Å². The molecule has 1 fully saturated rings. The van der Waals surface area contributed by atoms with Gasteiger partial charge in [0.05, 0.1) is 17.2 Å². The topological polar surface area (TPSA) is 79.4 Å². The van der Waals surface area contributed by atoms with E-state index in [4.69, 9.17) is 9.47 Å². The zero-order valence-corrected chi connectivity index (χ0v) is 20.9. The number of anilines is 2. The molecule has 9 heteroatoms. The Labute approximate surface area is 211 Å². The fraction of sp³-hybridized carbons (Fsp3) is 0.296. The normalized spacial score (nSPS) is 17.8. The maximum absolute atomic E-state index is 13.9. The third kappa shape index (κ3) is 4.58. The molecule has 3 aromatic carbocycles. The van der Waals surface area contributed by atoms with Gasteiger partial charge < -0.3 is 19.3 Å². The Morgan fingerprint density at radius 2 is 1.61 bits per heavy atom. The molecule has 36 heavy (non-hydrogen) atoms. The number of amides is 1. The molecular weight excluding hydrogens is 478 g/mol. The molecule has 3 aromatic rings. The molecule has 8 nitrogen and oxygen atoms in total. The van der Waals surface area contributed by atoms with Crippen LogP contribution in [-0.4, -0.2) is 58.8 Å². The first kappa shape index (κ1) is 24.0. The van der Waals surface area contributed by atoms with E-state index in [2.05, 4.69) is 4.90 Å². The summed E-state index contributed by atoms with van der Waals surface area (Å²) in [6.07, 6.45) is -0.292. The van der Waals surface area contributed by atoms with Gasteiger partial charge in [0, 0.05) is 37.9 Å². The van der Waals surface area contributed by atoms with Crippen molar-refractivity contribution in [2.24, 2.45) is 0 Å². The molecule has 0 spiro atoms.